The maximum absolute atomic E-state index is 13.2. The number of aryl methyl sites for hydroxylation is 1. The van der Waals surface area contributed by atoms with Crippen molar-refractivity contribution in [2.45, 2.75) is 38.0 Å². The summed E-state index contributed by atoms with van der Waals surface area (Å²) in [7, 11) is 1.72. The van der Waals surface area contributed by atoms with E-state index in [1.165, 1.54) is 12.1 Å². The van der Waals surface area contributed by atoms with E-state index in [9.17, 15) is 13.6 Å². The molecule has 0 spiro atoms. The molecule has 0 unspecified atom stereocenters. The number of alkyl halides is 2. The topological polar surface area (TPSA) is 81.1 Å². The maximum Gasteiger partial charge on any atom is 0.263 e. The van der Waals surface area contributed by atoms with E-state index in [4.69, 9.17) is 4.74 Å². The summed E-state index contributed by atoms with van der Waals surface area (Å²) in [6, 6.07) is 7.88. The molecule has 2 N–H and O–H groups in total. The number of nitrogens with zero attached hydrogens (tertiary/aromatic N) is 3. The molecule has 2 aliphatic heterocycles. The van der Waals surface area contributed by atoms with E-state index >= 15 is 0 Å². The number of ether oxygens (including phenoxy) is 1. The number of benzene rings is 1. The molecule has 7 nitrogen and oxygen atoms in total. The third-order valence-electron chi connectivity index (χ3n) is 6.34. The van der Waals surface area contributed by atoms with Gasteiger partial charge in [0.15, 0.2) is 5.82 Å². The lowest BCUT2D eigenvalue weighted by Gasteiger charge is -2.34. The first-order chi connectivity index (χ1) is 15.9. The van der Waals surface area contributed by atoms with E-state index in [2.05, 4.69) is 20.8 Å². The Morgan fingerprint density at radius 1 is 1.24 bits per heavy atom. The van der Waals surface area contributed by atoms with Crippen molar-refractivity contribution < 1.29 is 13.5 Å². The highest BCUT2D eigenvalue weighted by molar-refractivity contribution is 5.91. The summed E-state index contributed by atoms with van der Waals surface area (Å²) in [6.07, 6.45) is 1.69. The molecule has 0 amide bonds. The van der Waals surface area contributed by atoms with Gasteiger partial charge in [-0.15, -0.1) is 5.10 Å². The summed E-state index contributed by atoms with van der Waals surface area (Å²) < 4.78 is 33.8. The van der Waals surface area contributed by atoms with E-state index < -0.39 is 6.43 Å². The molecule has 2 bridgehead atoms. The van der Waals surface area contributed by atoms with Crippen LogP contribution in [0.1, 0.15) is 42.5 Å². The summed E-state index contributed by atoms with van der Waals surface area (Å²) >= 11 is 0. The van der Waals surface area contributed by atoms with Crippen molar-refractivity contribution in [3.63, 3.8) is 0 Å². The van der Waals surface area contributed by atoms with Gasteiger partial charge in [-0.05, 0) is 30.2 Å². The normalized spacial score (nSPS) is 21.2. The van der Waals surface area contributed by atoms with Gasteiger partial charge in [0.1, 0.15) is 0 Å². The summed E-state index contributed by atoms with van der Waals surface area (Å²) in [6.45, 7) is 3.36. The largest absolute Gasteiger partial charge is 0.368 e. The molecule has 2 aromatic heterocycles. The average Bonchev–Trinajstić information content (AvgIpc) is 2.81. The van der Waals surface area contributed by atoms with Gasteiger partial charge in [-0.1, -0.05) is 24.3 Å². The molecule has 0 aliphatic carbocycles. The van der Waals surface area contributed by atoms with Gasteiger partial charge in [0.25, 0.3) is 12.0 Å². The van der Waals surface area contributed by atoms with Gasteiger partial charge >= 0.3 is 0 Å². The van der Waals surface area contributed by atoms with E-state index in [-0.39, 0.29) is 29.4 Å². The highest BCUT2D eigenvalue weighted by Gasteiger charge is 2.28. The molecule has 5 rings (SSSR count). The van der Waals surface area contributed by atoms with Crippen LogP contribution in [0.15, 0.2) is 47.4 Å². The molecule has 0 radical (unpaired) electrons. The van der Waals surface area contributed by atoms with Crippen molar-refractivity contribution in [2.75, 3.05) is 18.4 Å². The number of morpholine rings is 1. The second-order valence-electron chi connectivity index (χ2n) is 8.60. The minimum atomic E-state index is -2.53. The molecular weight excluding hydrogens is 428 g/mol. The third kappa shape index (κ3) is 4.14. The van der Waals surface area contributed by atoms with Crippen LogP contribution in [-0.2, 0) is 11.8 Å². The lowest BCUT2D eigenvalue weighted by molar-refractivity contribution is -0.0158. The molecule has 3 atom stereocenters. The van der Waals surface area contributed by atoms with Gasteiger partial charge in [-0.25, -0.2) is 8.78 Å². The molecule has 1 fully saturated rings. The van der Waals surface area contributed by atoms with Crippen molar-refractivity contribution in [3.8, 4) is 0 Å². The summed E-state index contributed by atoms with van der Waals surface area (Å²) in [5, 5.41) is 15.7. The molecule has 1 saturated heterocycles. The maximum atomic E-state index is 13.2. The number of pyridine rings is 1. The number of aromatic nitrogens is 3. The van der Waals surface area contributed by atoms with Crippen molar-refractivity contribution in [2.24, 2.45) is 7.05 Å². The predicted molar refractivity (Wildman–Crippen MR) is 122 cm³/mol. The van der Waals surface area contributed by atoms with Crippen LogP contribution in [0.5, 0.6) is 0 Å². The molecule has 3 aromatic rings. The lowest BCUT2D eigenvalue weighted by Crippen LogP contribution is -2.46. The Morgan fingerprint density at radius 3 is 2.85 bits per heavy atom. The molecule has 33 heavy (non-hydrogen) atoms. The molecule has 4 heterocycles. The quantitative estimate of drug-likeness (QED) is 0.615. The second-order valence-corrected chi connectivity index (χ2v) is 8.60. The van der Waals surface area contributed by atoms with E-state index in [1.807, 2.05) is 19.1 Å². The van der Waals surface area contributed by atoms with E-state index in [0.717, 1.165) is 24.0 Å². The minimum Gasteiger partial charge on any atom is -0.368 e. The molecule has 9 heteroatoms. The SMILES string of the molecule is C[C@@H](Nc1nncc2c1cc(C1=C[C@@H]3CNC[C@@H](C1)O3)c(=O)n2C)c1cccc(C(F)F)c1. The van der Waals surface area contributed by atoms with E-state index in [1.54, 1.807) is 29.9 Å². The van der Waals surface area contributed by atoms with Gasteiger partial charge in [0.2, 0.25) is 0 Å². The standard InChI is InChI=1S/C24H25F2N5O2/c1-13(14-4-3-5-15(6-14)22(25)26)29-23-20-9-19(24(32)31(2)21(20)12-28-30-23)16-7-17-10-27-11-18(8-16)33-17/h3-7,9,12-13,17-18,22,27H,8,10-11H2,1-2H3,(H,29,30)/t13-,17-,18-/m1/s1. The highest BCUT2D eigenvalue weighted by atomic mass is 19.3. The van der Waals surface area contributed by atoms with Crippen molar-refractivity contribution >= 4 is 22.3 Å². The summed E-state index contributed by atoms with van der Waals surface area (Å²) in [5.74, 6) is 0.494. The average molecular weight is 453 g/mol. The zero-order chi connectivity index (χ0) is 23.1. The first kappa shape index (κ1) is 21.7. The molecule has 2 aliphatic rings. The van der Waals surface area contributed by atoms with Gasteiger partial charge in [0.05, 0.1) is 30.0 Å². The predicted octanol–water partition coefficient (Wildman–Crippen LogP) is 3.58. The summed E-state index contributed by atoms with van der Waals surface area (Å²) in [4.78, 5) is 13.2. The number of fused-ring (bicyclic) bond motifs is 3. The number of rotatable bonds is 5. The Bertz CT molecular complexity index is 1290. The lowest BCUT2D eigenvalue weighted by atomic mass is 9.94. The van der Waals surface area contributed by atoms with Crippen LogP contribution < -0.4 is 16.2 Å². The number of anilines is 1. The van der Waals surface area contributed by atoms with Crippen LogP contribution in [0.2, 0.25) is 0 Å². The Balaban J connectivity index is 1.55. The number of halogens is 2. The van der Waals surface area contributed by atoms with Crippen LogP contribution in [0.4, 0.5) is 14.6 Å². The Labute approximate surface area is 189 Å². The van der Waals surface area contributed by atoms with Crippen molar-refractivity contribution in [1.82, 2.24) is 20.1 Å². The Hall–Kier alpha value is -3.17. The summed E-state index contributed by atoms with van der Waals surface area (Å²) in [5.41, 5.74) is 2.82. The molecular formula is C24H25F2N5O2. The van der Waals surface area contributed by atoms with Crippen LogP contribution in [-0.4, -0.2) is 40.1 Å². The van der Waals surface area contributed by atoms with Gasteiger partial charge < -0.3 is 19.9 Å². The van der Waals surface area contributed by atoms with Crippen LogP contribution in [0.3, 0.4) is 0 Å². The van der Waals surface area contributed by atoms with Crippen molar-refractivity contribution in [1.29, 1.82) is 0 Å². The highest BCUT2D eigenvalue weighted by Crippen LogP contribution is 2.31. The number of hydrogen-bond donors (Lipinski definition) is 2. The fourth-order valence-corrected chi connectivity index (χ4v) is 4.57. The number of hydrogen-bond acceptors (Lipinski definition) is 6. The van der Waals surface area contributed by atoms with E-state index in [0.29, 0.717) is 28.9 Å². The van der Waals surface area contributed by atoms with Gasteiger partial charge in [-0.2, -0.15) is 5.10 Å². The first-order valence-electron chi connectivity index (χ1n) is 11.0. The second kappa shape index (κ2) is 8.64. The molecule has 1 aromatic carbocycles. The Kier molecular flexibility index (Phi) is 5.67. The van der Waals surface area contributed by atoms with Crippen molar-refractivity contribution in [3.05, 3.63) is 69.6 Å². The van der Waals surface area contributed by atoms with Gasteiger partial charge in [0, 0.05) is 43.1 Å². The molecule has 0 saturated carbocycles. The zero-order valence-electron chi connectivity index (χ0n) is 18.4. The van der Waals surface area contributed by atoms with Crippen LogP contribution in [0.25, 0.3) is 16.5 Å². The van der Waals surface area contributed by atoms with Crippen LogP contribution >= 0.6 is 0 Å². The zero-order valence-corrected chi connectivity index (χ0v) is 18.4. The first-order valence-corrected chi connectivity index (χ1v) is 11.0. The van der Waals surface area contributed by atoms with Gasteiger partial charge in [-0.3, -0.25) is 4.79 Å². The monoisotopic (exact) mass is 453 g/mol. The fourth-order valence-electron chi connectivity index (χ4n) is 4.57. The third-order valence-corrected chi connectivity index (χ3v) is 6.34. The smallest absolute Gasteiger partial charge is 0.263 e. The fraction of sp³-hybridized carbons (Fsp3) is 0.375. The minimum absolute atomic E-state index is 0.0265. The van der Waals surface area contributed by atoms with Crippen LogP contribution in [0, 0.1) is 0 Å². The number of nitrogens with one attached hydrogen (secondary N) is 2. The Morgan fingerprint density at radius 2 is 2.06 bits per heavy atom. The molecule has 172 valence electrons.